The maximum atomic E-state index is 11.7. The molecule has 1 aliphatic carbocycles. The van der Waals surface area contributed by atoms with E-state index in [9.17, 15) is 8.42 Å². The van der Waals surface area contributed by atoms with Gasteiger partial charge in [-0.15, -0.1) is 0 Å². The summed E-state index contributed by atoms with van der Waals surface area (Å²) in [7, 11) is -2.86. The minimum atomic E-state index is -2.86. The lowest BCUT2D eigenvalue weighted by atomic mass is 9.80. The third-order valence-corrected chi connectivity index (χ3v) is 8.10. The zero-order valence-electron chi connectivity index (χ0n) is 15.2. The Balaban J connectivity index is 1.44. The molecule has 24 heavy (non-hydrogen) atoms. The van der Waals surface area contributed by atoms with Crippen LogP contribution in [-0.4, -0.2) is 51.4 Å². The van der Waals surface area contributed by atoms with E-state index in [0.717, 1.165) is 38.8 Å². The largest absolute Gasteiger partial charge is 0.377 e. The molecule has 0 aromatic rings. The standard InChI is InChI=1S/C18H34N2O3S/c1-13-10-11-23-17(13)12-19-18-5-3-4-16(20-18)14-6-8-15(9-7-14)24(2,21)22/h13-20H,3-12H2,1-2H3. The number of nitrogens with one attached hydrogen (secondary N) is 2. The highest BCUT2D eigenvalue weighted by Gasteiger charge is 2.34. The topological polar surface area (TPSA) is 67.4 Å². The number of hydrogen-bond donors (Lipinski definition) is 2. The van der Waals surface area contributed by atoms with Crippen molar-refractivity contribution in [3.8, 4) is 0 Å². The lowest BCUT2D eigenvalue weighted by Gasteiger charge is -2.39. The van der Waals surface area contributed by atoms with Gasteiger partial charge in [0.1, 0.15) is 9.84 Å². The monoisotopic (exact) mass is 358 g/mol. The summed E-state index contributed by atoms with van der Waals surface area (Å²) in [5.74, 6) is 1.29. The van der Waals surface area contributed by atoms with Gasteiger partial charge in [-0.3, -0.25) is 10.6 Å². The van der Waals surface area contributed by atoms with Crippen LogP contribution in [0.2, 0.25) is 0 Å². The molecule has 4 unspecified atom stereocenters. The van der Waals surface area contributed by atoms with Gasteiger partial charge in [0.05, 0.1) is 17.5 Å². The predicted octanol–water partition coefficient (Wildman–Crippen LogP) is 2.07. The fourth-order valence-corrected chi connectivity index (χ4v) is 5.82. The summed E-state index contributed by atoms with van der Waals surface area (Å²) in [5, 5.41) is 7.36. The van der Waals surface area contributed by atoms with Gasteiger partial charge >= 0.3 is 0 Å². The average molecular weight is 359 g/mol. The summed E-state index contributed by atoms with van der Waals surface area (Å²) in [6, 6.07) is 0.540. The summed E-state index contributed by atoms with van der Waals surface area (Å²) in [6.45, 7) is 4.11. The Morgan fingerprint density at radius 2 is 1.83 bits per heavy atom. The highest BCUT2D eigenvalue weighted by atomic mass is 32.2. The fourth-order valence-electron chi connectivity index (χ4n) is 4.69. The van der Waals surface area contributed by atoms with Crippen molar-refractivity contribution in [1.82, 2.24) is 10.6 Å². The van der Waals surface area contributed by atoms with Gasteiger partial charge in [-0.1, -0.05) is 6.92 Å². The molecule has 0 aromatic heterocycles. The second kappa shape index (κ2) is 8.02. The van der Waals surface area contributed by atoms with Crippen molar-refractivity contribution in [3.63, 3.8) is 0 Å². The predicted molar refractivity (Wildman–Crippen MR) is 96.7 cm³/mol. The molecule has 1 saturated carbocycles. The van der Waals surface area contributed by atoms with Crippen molar-refractivity contribution in [2.75, 3.05) is 19.4 Å². The molecular formula is C18H34N2O3S. The molecule has 3 fully saturated rings. The fraction of sp³-hybridized carbons (Fsp3) is 1.00. The van der Waals surface area contributed by atoms with E-state index in [1.54, 1.807) is 0 Å². The molecule has 0 aromatic carbocycles. The summed E-state index contributed by atoms with van der Waals surface area (Å²) >= 11 is 0. The Kier molecular flexibility index (Phi) is 6.22. The molecule has 2 N–H and O–H groups in total. The van der Waals surface area contributed by atoms with E-state index < -0.39 is 9.84 Å². The first-order chi connectivity index (χ1) is 11.4. The van der Waals surface area contributed by atoms with Crippen LogP contribution in [0, 0.1) is 11.8 Å². The minimum Gasteiger partial charge on any atom is -0.377 e. The molecule has 2 heterocycles. The number of rotatable bonds is 5. The smallest absolute Gasteiger partial charge is 0.150 e. The SMILES string of the molecule is CC1CCOC1CNC1CCCC(C2CCC(S(C)(=O)=O)CC2)N1. The quantitative estimate of drug-likeness (QED) is 0.787. The van der Waals surface area contributed by atoms with Crippen molar-refractivity contribution < 1.29 is 13.2 Å². The van der Waals surface area contributed by atoms with Crippen LogP contribution >= 0.6 is 0 Å². The van der Waals surface area contributed by atoms with Crippen LogP contribution < -0.4 is 10.6 Å². The maximum Gasteiger partial charge on any atom is 0.150 e. The highest BCUT2D eigenvalue weighted by molar-refractivity contribution is 7.91. The van der Waals surface area contributed by atoms with Gasteiger partial charge in [-0.05, 0) is 63.2 Å². The van der Waals surface area contributed by atoms with Crippen LogP contribution in [0.4, 0.5) is 0 Å². The molecule has 5 nitrogen and oxygen atoms in total. The normalized spacial score (nSPS) is 41.4. The molecule has 0 spiro atoms. The first-order valence-corrected chi connectivity index (χ1v) is 11.7. The Morgan fingerprint density at radius 3 is 2.46 bits per heavy atom. The van der Waals surface area contributed by atoms with Crippen molar-refractivity contribution >= 4 is 9.84 Å². The molecule has 2 saturated heterocycles. The summed E-state index contributed by atoms with van der Waals surface area (Å²) in [6.07, 6.45) is 10.7. The molecule has 140 valence electrons. The molecule has 0 radical (unpaired) electrons. The third-order valence-electron chi connectivity index (χ3n) is 6.42. The van der Waals surface area contributed by atoms with E-state index in [1.807, 2.05) is 0 Å². The second-order valence-electron chi connectivity index (χ2n) is 8.21. The molecule has 2 aliphatic heterocycles. The van der Waals surface area contributed by atoms with Gasteiger partial charge in [0.2, 0.25) is 0 Å². The summed E-state index contributed by atoms with van der Waals surface area (Å²) < 4.78 is 29.2. The van der Waals surface area contributed by atoms with Crippen molar-refractivity contribution in [2.24, 2.45) is 11.8 Å². The van der Waals surface area contributed by atoms with Crippen molar-refractivity contribution in [1.29, 1.82) is 0 Å². The van der Waals surface area contributed by atoms with Gasteiger partial charge < -0.3 is 4.74 Å². The summed E-state index contributed by atoms with van der Waals surface area (Å²) in [4.78, 5) is 0. The first kappa shape index (κ1) is 18.6. The number of piperidine rings is 1. The van der Waals surface area contributed by atoms with Crippen LogP contribution in [0.1, 0.15) is 58.3 Å². The molecule has 0 bridgehead atoms. The van der Waals surface area contributed by atoms with Crippen molar-refractivity contribution in [3.05, 3.63) is 0 Å². The van der Waals surface area contributed by atoms with Crippen LogP contribution in [-0.2, 0) is 14.6 Å². The number of ether oxygens (including phenoxy) is 1. The Morgan fingerprint density at radius 1 is 1.08 bits per heavy atom. The van der Waals surface area contributed by atoms with Gasteiger partial charge in [0.15, 0.2) is 0 Å². The number of hydrogen-bond acceptors (Lipinski definition) is 5. The lowest BCUT2D eigenvalue weighted by Crippen LogP contribution is -2.54. The maximum absolute atomic E-state index is 11.7. The molecular weight excluding hydrogens is 324 g/mol. The van der Waals surface area contributed by atoms with E-state index in [4.69, 9.17) is 4.74 Å². The van der Waals surface area contributed by atoms with Gasteiger partial charge in [0.25, 0.3) is 0 Å². The van der Waals surface area contributed by atoms with Crippen LogP contribution in [0.15, 0.2) is 0 Å². The van der Waals surface area contributed by atoms with E-state index >= 15 is 0 Å². The minimum absolute atomic E-state index is 0.104. The van der Waals surface area contributed by atoms with Crippen LogP contribution in [0.3, 0.4) is 0 Å². The van der Waals surface area contributed by atoms with E-state index in [2.05, 4.69) is 17.6 Å². The van der Waals surface area contributed by atoms with Gasteiger partial charge in [-0.2, -0.15) is 0 Å². The van der Waals surface area contributed by atoms with E-state index in [-0.39, 0.29) is 5.25 Å². The third kappa shape index (κ3) is 4.71. The molecule has 3 aliphatic rings. The van der Waals surface area contributed by atoms with E-state index in [0.29, 0.717) is 30.1 Å². The van der Waals surface area contributed by atoms with Crippen molar-refractivity contribution in [2.45, 2.75) is 81.9 Å². The molecule has 0 amide bonds. The molecule has 4 atom stereocenters. The Bertz CT molecular complexity index is 502. The number of sulfone groups is 1. The van der Waals surface area contributed by atoms with Gasteiger partial charge in [-0.25, -0.2) is 8.42 Å². The zero-order valence-corrected chi connectivity index (χ0v) is 16.0. The Hall–Kier alpha value is -0.170. The Labute approximate surface area is 147 Å². The van der Waals surface area contributed by atoms with E-state index in [1.165, 1.54) is 31.9 Å². The van der Waals surface area contributed by atoms with Gasteiger partial charge in [0, 0.05) is 25.4 Å². The molecule has 3 rings (SSSR count). The lowest BCUT2D eigenvalue weighted by molar-refractivity contribution is 0.0846. The second-order valence-corrected chi connectivity index (χ2v) is 10.5. The molecule has 6 heteroatoms. The van der Waals surface area contributed by atoms with Crippen LogP contribution in [0.5, 0.6) is 0 Å². The summed E-state index contributed by atoms with van der Waals surface area (Å²) in [5.41, 5.74) is 0. The average Bonchev–Trinajstić information content (AvgIpc) is 2.98. The van der Waals surface area contributed by atoms with Crippen LogP contribution in [0.25, 0.3) is 0 Å². The first-order valence-electron chi connectivity index (χ1n) is 9.73. The highest BCUT2D eigenvalue weighted by Crippen LogP contribution is 2.33. The zero-order chi connectivity index (χ0) is 17.2.